The van der Waals surface area contributed by atoms with Crippen LogP contribution >= 0.6 is 0 Å². The fourth-order valence-electron chi connectivity index (χ4n) is 1.40. The smallest absolute Gasteiger partial charge is 0.416 e. The summed E-state index contributed by atoms with van der Waals surface area (Å²) in [7, 11) is 0. The van der Waals surface area contributed by atoms with Gasteiger partial charge >= 0.3 is 6.09 Å². The summed E-state index contributed by atoms with van der Waals surface area (Å²) < 4.78 is 1.18. The van der Waals surface area contributed by atoms with Gasteiger partial charge in [0, 0.05) is 17.8 Å². The minimum Gasteiger partial charge on any atom is -0.464 e. The first kappa shape index (κ1) is 7.79. The molecule has 4 nitrogen and oxygen atoms in total. The molecule has 0 saturated heterocycles. The number of fused-ring (bicyclic) bond motifs is 1. The van der Waals surface area contributed by atoms with Gasteiger partial charge in [-0.25, -0.2) is 4.79 Å². The van der Waals surface area contributed by atoms with Crippen LogP contribution in [0.5, 0.6) is 0 Å². The van der Waals surface area contributed by atoms with E-state index in [1.54, 1.807) is 18.6 Å². The maximum atomic E-state index is 10.8. The van der Waals surface area contributed by atoms with Gasteiger partial charge in [0.1, 0.15) is 0 Å². The van der Waals surface area contributed by atoms with Gasteiger partial charge in [-0.2, -0.15) is 0 Å². The van der Waals surface area contributed by atoms with Crippen molar-refractivity contribution in [3.05, 3.63) is 30.2 Å². The van der Waals surface area contributed by atoms with Crippen LogP contribution in [0.3, 0.4) is 0 Å². The molecule has 0 saturated carbocycles. The van der Waals surface area contributed by atoms with Crippen LogP contribution in [0.1, 0.15) is 5.56 Å². The highest BCUT2D eigenvalue weighted by atomic mass is 16.4. The molecule has 0 spiro atoms. The van der Waals surface area contributed by atoms with Crippen LogP contribution in [0.25, 0.3) is 10.9 Å². The Labute approximate surface area is 74.4 Å². The SMILES string of the molecule is Cc1cn(C(=O)O)c2cnccc12. The number of pyridine rings is 1. The molecule has 0 bridgehead atoms. The average Bonchev–Trinajstić information content (AvgIpc) is 2.45. The summed E-state index contributed by atoms with van der Waals surface area (Å²) in [6.07, 6.45) is 3.82. The van der Waals surface area contributed by atoms with Crippen LogP contribution in [0.4, 0.5) is 4.79 Å². The lowest BCUT2D eigenvalue weighted by atomic mass is 10.2. The minimum absolute atomic E-state index is 0.632. The van der Waals surface area contributed by atoms with Crippen molar-refractivity contribution in [3.63, 3.8) is 0 Å². The van der Waals surface area contributed by atoms with Gasteiger partial charge in [0.2, 0.25) is 0 Å². The molecule has 0 radical (unpaired) electrons. The zero-order valence-electron chi connectivity index (χ0n) is 7.06. The number of carbonyl (C=O) groups is 1. The van der Waals surface area contributed by atoms with Gasteiger partial charge in [-0.15, -0.1) is 0 Å². The van der Waals surface area contributed by atoms with Crippen LogP contribution in [0, 0.1) is 6.92 Å². The highest BCUT2D eigenvalue weighted by molar-refractivity contribution is 5.90. The molecule has 0 atom stereocenters. The number of nitrogens with zero attached hydrogens (tertiary/aromatic N) is 2. The van der Waals surface area contributed by atoms with E-state index in [-0.39, 0.29) is 0 Å². The van der Waals surface area contributed by atoms with Gasteiger partial charge in [-0.05, 0) is 18.6 Å². The van der Waals surface area contributed by atoms with Crippen molar-refractivity contribution in [2.75, 3.05) is 0 Å². The van der Waals surface area contributed by atoms with Crippen molar-refractivity contribution in [1.29, 1.82) is 0 Å². The van der Waals surface area contributed by atoms with E-state index < -0.39 is 6.09 Å². The van der Waals surface area contributed by atoms with E-state index in [2.05, 4.69) is 4.98 Å². The summed E-state index contributed by atoms with van der Waals surface area (Å²) in [4.78, 5) is 14.6. The first-order valence-corrected chi connectivity index (χ1v) is 3.85. The van der Waals surface area contributed by atoms with E-state index in [4.69, 9.17) is 5.11 Å². The summed E-state index contributed by atoms with van der Waals surface area (Å²) in [5.41, 5.74) is 1.58. The molecule has 66 valence electrons. The van der Waals surface area contributed by atoms with Crippen molar-refractivity contribution in [2.45, 2.75) is 6.92 Å². The van der Waals surface area contributed by atoms with E-state index in [1.165, 1.54) is 4.57 Å². The summed E-state index contributed by atoms with van der Waals surface area (Å²) in [6.45, 7) is 1.88. The fraction of sp³-hybridized carbons (Fsp3) is 0.111. The molecule has 0 aliphatic rings. The Balaban J connectivity index is 2.85. The molecule has 0 aliphatic carbocycles. The predicted molar refractivity (Wildman–Crippen MR) is 47.9 cm³/mol. The van der Waals surface area contributed by atoms with Gasteiger partial charge in [0.05, 0.1) is 11.7 Å². The lowest BCUT2D eigenvalue weighted by Crippen LogP contribution is -2.05. The molecule has 2 heterocycles. The highest BCUT2D eigenvalue weighted by Crippen LogP contribution is 2.18. The fourth-order valence-corrected chi connectivity index (χ4v) is 1.40. The first-order valence-electron chi connectivity index (χ1n) is 3.85. The standard InChI is InChI=1S/C9H8N2O2/c1-6-5-11(9(12)13)8-4-10-3-2-7(6)8/h2-5H,1H3,(H,12,13). The van der Waals surface area contributed by atoms with Gasteiger partial charge in [0.15, 0.2) is 0 Å². The zero-order chi connectivity index (χ0) is 9.42. The third-order valence-corrected chi connectivity index (χ3v) is 2.01. The molecular weight excluding hydrogens is 168 g/mol. The summed E-state index contributed by atoms with van der Waals surface area (Å²) >= 11 is 0. The zero-order valence-corrected chi connectivity index (χ0v) is 7.06. The quantitative estimate of drug-likeness (QED) is 0.666. The maximum Gasteiger partial charge on any atom is 0.416 e. The Morgan fingerprint density at radius 2 is 2.38 bits per heavy atom. The number of aromatic nitrogens is 2. The van der Waals surface area contributed by atoms with Crippen molar-refractivity contribution in [3.8, 4) is 0 Å². The molecule has 0 amide bonds. The van der Waals surface area contributed by atoms with Crippen molar-refractivity contribution in [2.24, 2.45) is 0 Å². The van der Waals surface area contributed by atoms with E-state index in [1.807, 2.05) is 13.0 Å². The number of aryl methyl sites for hydroxylation is 1. The number of rotatable bonds is 0. The van der Waals surface area contributed by atoms with E-state index in [0.29, 0.717) is 5.52 Å². The third kappa shape index (κ3) is 1.07. The second-order valence-electron chi connectivity index (χ2n) is 2.86. The average molecular weight is 176 g/mol. The molecule has 2 aromatic heterocycles. The van der Waals surface area contributed by atoms with Crippen LogP contribution in [-0.4, -0.2) is 20.8 Å². The van der Waals surface area contributed by atoms with E-state index in [0.717, 1.165) is 10.9 Å². The van der Waals surface area contributed by atoms with Crippen LogP contribution < -0.4 is 0 Å². The van der Waals surface area contributed by atoms with Crippen molar-refractivity contribution in [1.82, 2.24) is 9.55 Å². The highest BCUT2D eigenvalue weighted by Gasteiger charge is 2.08. The molecule has 4 heteroatoms. The third-order valence-electron chi connectivity index (χ3n) is 2.01. The molecule has 0 fully saturated rings. The molecule has 1 N–H and O–H groups in total. The number of hydrogen-bond donors (Lipinski definition) is 1. The summed E-state index contributed by atoms with van der Waals surface area (Å²) in [5.74, 6) is 0. The van der Waals surface area contributed by atoms with Crippen LogP contribution in [0.15, 0.2) is 24.7 Å². The number of carboxylic acid groups (broad SMARTS) is 1. The molecule has 0 unspecified atom stereocenters. The maximum absolute atomic E-state index is 10.8. The van der Waals surface area contributed by atoms with E-state index >= 15 is 0 Å². The topological polar surface area (TPSA) is 55.1 Å². The molecule has 2 aromatic rings. The lowest BCUT2D eigenvalue weighted by molar-refractivity contribution is 0.197. The van der Waals surface area contributed by atoms with Gasteiger partial charge in [-0.3, -0.25) is 9.55 Å². The first-order chi connectivity index (χ1) is 6.20. The van der Waals surface area contributed by atoms with Crippen molar-refractivity contribution >= 4 is 17.0 Å². The normalized spacial score (nSPS) is 10.5. The Morgan fingerprint density at radius 3 is 3.08 bits per heavy atom. The van der Waals surface area contributed by atoms with Gasteiger partial charge in [0.25, 0.3) is 0 Å². The van der Waals surface area contributed by atoms with Crippen LogP contribution in [0.2, 0.25) is 0 Å². The van der Waals surface area contributed by atoms with Crippen molar-refractivity contribution < 1.29 is 9.90 Å². The van der Waals surface area contributed by atoms with Gasteiger partial charge < -0.3 is 5.11 Å². The molecule has 2 rings (SSSR count). The predicted octanol–water partition coefficient (Wildman–Crippen LogP) is 1.87. The largest absolute Gasteiger partial charge is 0.464 e. The second kappa shape index (κ2) is 2.58. The Kier molecular flexibility index (Phi) is 1.55. The second-order valence-corrected chi connectivity index (χ2v) is 2.86. The van der Waals surface area contributed by atoms with Gasteiger partial charge in [-0.1, -0.05) is 0 Å². The molecule has 0 aliphatic heterocycles. The van der Waals surface area contributed by atoms with Crippen LogP contribution in [-0.2, 0) is 0 Å². The Hall–Kier alpha value is -1.84. The molecular formula is C9H8N2O2. The minimum atomic E-state index is -0.980. The lowest BCUT2D eigenvalue weighted by Gasteiger charge is -1.94. The molecule has 13 heavy (non-hydrogen) atoms. The number of hydrogen-bond acceptors (Lipinski definition) is 2. The summed E-state index contributed by atoms with van der Waals surface area (Å²) in [5, 5.41) is 9.76. The Morgan fingerprint density at radius 1 is 1.62 bits per heavy atom. The summed E-state index contributed by atoms with van der Waals surface area (Å²) in [6, 6.07) is 1.81. The molecule has 0 aromatic carbocycles. The van der Waals surface area contributed by atoms with E-state index in [9.17, 15) is 4.79 Å². The Bertz CT molecular complexity index is 473. The monoisotopic (exact) mass is 176 g/mol.